The van der Waals surface area contributed by atoms with Crippen molar-refractivity contribution in [3.63, 3.8) is 0 Å². The summed E-state index contributed by atoms with van der Waals surface area (Å²) >= 11 is 3.17. The zero-order chi connectivity index (χ0) is 10.7. The number of alkyl halides is 2. The third-order valence-corrected chi connectivity index (χ3v) is 2.51. The van der Waals surface area contributed by atoms with Crippen molar-refractivity contribution >= 4 is 15.9 Å². The van der Waals surface area contributed by atoms with Gasteiger partial charge in [0.25, 0.3) is 6.43 Å². The lowest BCUT2D eigenvalue weighted by atomic mass is 10.2. The van der Waals surface area contributed by atoms with Gasteiger partial charge in [0.05, 0.1) is 11.6 Å². The Kier molecular flexibility index (Phi) is 3.77. The fourth-order valence-electron chi connectivity index (χ4n) is 0.973. The molecule has 0 saturated heterocycles. The molecule has 0 aliphatic rings. The van der Waals surface area contributed by atoms with E-state index < -0.39 is 6.43 Å². The van der Waals surface area contributed by atoms with Crippen molar-refractivity contribution in [1.82, 2.24) is 4.98 Å². The minimum absolute atomic E-state index is 0.128. The molecule has 0 aliphatic heterocycles. The van der Waals surface area contributed by atoms with Crippen LogP contribution in [0.3, 0.4) is 0 Å². The van der Waals surface area contributed by atoms with Gasteiger partial charge in [-0.1, -0.05) is 0 Å². The molecule has 14 heavy (non-hydrogen) atoms. The van der Waals surface area contributed by atoms with Gasteiger partial charge in [-0.05, 0) is 27.6 Å². The standard InChI is InChI=1S/C8H9BrF2N2O/c1-14-8-6(9)4(3-12)2-5(13-8)7(10)11/h2,7H,3,12H2,1H3. The summed E-state index contributed by atoms with van der Waals surface area (Å²) in [6.45, 7) is 0.152. The van der Waals surface area contributed by atoms with Crippen molar-refractivity contribution in [1.29, 1.82) is 0 Å². The van der Waals surface area contributed by atoms with E-state index in [1.807, 2.05) is 0 Å². The normalized spacial score (nSPS) is 10.7. The zero-order valence-electron chi connectivity index (χ0n) is 7.43. The number of hydrogen-bond acceptors (Lipinski definition) is 3. The predicted molar refractivity (Wildman–Crippen MR) is 51.3 cm³/mol. The highest BCUT2D eigenvalue weighted by molar-refractivity contribution is 9.10. The number of aromatic nitrogens is 1. The molecule has 1 rings (SSSR count). The number of nitrogens with zero attached hydrogens (tertiary/aromatic N) is 1. The van der Waals surface area contributed by atoms with E-state index in [4.69, 9.17) is 10.5 Å². The monoisotopic (exact) mass is 266 g/mol. The van der Waals surface area contributed by atoms with Crippen LogP contribution in [0.25, 0.3) is 0 Å². The molecular weight excluding hydrogens is 258 g/mol. The third-order valence-electron chi connectivity index (χ3n) is 1.66. The maximum absolute atomic E-state index is 12.4. The Labute approximate surface area is 88.4 Å². The topological polar surface area (TPSA) is 48.1 Å². The van der Waals surface area contributed by atoms with Crippen LogP contribution in [-0.4, -0.2) is 12.1 Å². The third kappa shape index (κ3) is 2.19. The van der Waals surface area contributed by atoms with Gasteiger partial charge in [0, 0.05) is 6.54 Å². The van der Waals surface area contributed by atoms with Crippen LogP contribution in [0.15, 0.2) is 10.5 Å². The summed E-state index contributed by atoms with van der Waals surface area (Å²) in [5.41, 5.74) is 5.61. The minimum atomic E-state index is -2.62. The number of nitrogens with two attached hydrogens (primary N) is 1. The second-order valence-corrected chi connectivity index (χ2v) is 3.33. The number of hydrogen-bond donors (Lipinski definition) is 1. The molecule has 1 heterocycles. The van der Waals surface area contributed by atoms with Crippen molar-refractivity contribution in [2.45, 2.75) is 13.0 Å². The van der Waals surface area contributed by atoms with Gasteiger partial charge < -0.3 is 10.5 Å². The van der Waals surface area contributed by atoms with Crippen LogP contribution in [0.2, 0.25) is 0 Å². The highest BCUT2D eigenvalue weighted by Crippen LogP contribution is 2.30. The van der Waals surface area contributed by atoms with Gasteiger partial charge in [-0.3, -0.25) is 0 Å². The second-order valence-electron chi connectivity index (χ2n) is 2.53. The summed E-state index contributed by atoms with van der Waals surface area (Å²) in [6.07, 6.45) is -2.62. The number of rotatable bonds is 3. The van der Waals surface area contributed by atoms with Gasteiger partial charge in [0.15, 0.2) is 0 Å². The number of pyridine rings is 1. The summed E-state index contributed by atoms with van der Waals surface area (Å²) in [4.78, 5) is 3.62. The first-order valence-corrected chi connectivity index (χ1v) is 4.61. The quantitative estimate of drug-likeness (QED) is 0.913. The summed E-state index contributed by atoms with van der Waals surface area (Å²) < 4.78 is 30.1. The minimum Gasteiger partial charge on any atom is -0.480 e. The average molecular weight is 267 g/mol. The van der Waals surface area contributed by atoms with Crippen LogP contribution in [0.1, 0.15) is 17.7 Å². The van der Waals surface area contributed by atoms with Crippen LogP contribution in [0.4, 0.5) is 8.78 Å². The van der Waals surface area contributed by atoms with Crippen LogP contribution in [-0.2, 0) is 6.54 Å². The van der Waals surface area contributed by atoms with E-state index in [1.165, 1.54) is 13.2 Å². The van der Waals surface area contributed by atoms with Gasteiger partial charge in [-0.25, -0.2) is 13.8 Å². The maximum atomic E-state index is 12.4. The molecule has 1 aromatic rings. The lowest BCUT2D eigenvalue weighted by molar-refractivity contribution is 0.145. The van der Waals surface area contributed by atoms with Gasteiger partial charge in [-0.2, -0.15) is 0 Å². The Bertz CT molecular complexity index is 308. The number of halogens is 3. The molecule has 78 valence electrons. The molecule has 0 unspecified atom stereocenters. The molecule has 0 radical (unpaired) electrons. The molecule has 0 saturated carbocycles. The number of ether oxygens (including phenoxy) is 1. The maximum Gasteiger partial charge on any atom is 0.280 e. The van der Waals surface area contributed by atoms with E-state index in [-0.39, 0.29) is 18.1 Å². The fraction of sp³-hybridized carbons (Fsp3) is 0.375. The van der Waals surface area contributed by atoms with E-state index in [1.54, 1.807) is 0 Å². The first-order valence-electron chi connectivity index (χ1n) is 3.81. The number of methoxy groups -OCH3 is 1. The Balaban J connectivity index is 3.25. The lowest BCUT2D eigenvalue weighted by Gasteiger charge is -2.09. The SMILES string of the molecule is COc1nc(C(F)F)cc(CN)c1Br. The van der Waals surface area contributed by atoms with Crippen molar-refractivity contribution in [2.24, 2.45) is 5.73 Å². The Morgan fingerprint density at radius 2 is 2.29 bits per heavy atom. The van der Waals surface area contributed by atoms with Gasteiger partial charge in [0.2, 0.25) is 5.88 Å². The molecule has 0 bridgehead atoms. The summed E-state index contributed by atoms with van der Waals surface area (Å²) in [6, 6.07) is 1.26. The average Bonchev–Trinajstić information content (AvgIpc) is 2.17. The Morgan fingerprint density at radius 3 is 2.71 bits per heavy atom. The van der Waals surface area contributed by atoms with E-state index >= 15 is 0 Å². The summed E-state index contributed by atoms with van der Waals surface area (Å²) in [5.74, 6) is 0.128. The molecule has 6 heteroatoms. The van der Waals surface area contributed by atoms with Crippen molar-refractivity contribution in [3.8, 4) is 5.88 Å². The van der Waals surface area contributed by atoms with E-state index in [0.717, 1.165) is 0 Å². The van der Waals surface area contributed by atoms with Crippen LogP contribution in [0.5, 0.6) is 5.88 Å². The molecule has 2 N–H and O–H groups in total. The molecule has 1 aromatic heterocycles. The van der Waals surface area contributed by atoms with E-state index in [2.05, 4.69) is 20.9 Å². The molecule has 0 atom stereocenters. The summed E-state index contributed by atoms with van der Waals surface area (Å²) in [7, 11) is 1.36. The molecule has 0 fully saturated rings. The fourth-order valence-corrected chi connectivity index (χ4v) is 1.50. The van der Waals surface area contributed by atoms with E-state index in [0.29, 0.717) is 10.0 Å². The second kappa shape index (κ2) is 4.65. The van der Waals surface area contributed by atoms with E-state index in [9.17, 15) is 8.78 Å². The smallest absolute Gasteiger partial charge is 0.280 e. The van der Waals surface area contributed by atoms with Crippen LogP contribution < -0.4 is 10.5 Å². The molecule has 3 nitrogen and oxygen atoms in total. The molecule has 0 aromatic carbocycles. The Hall–Kier alpha value is -0.750. The Morgan fingerprint density at radius 1 is 1.64 bits per heavy atom. The highest BCUT2D eigenvalue weighted by Gasteiger charge is 2.15. The summed E-state index contributed by atoms with van der Waals surface area (Å²) in [5, 5.41) is 0. The van der Waals surface area contributed by atoms with Crippen molar-refractivity contribution in [3.05, 3.63) is 21.8 Å². The molecule has 0 spiro atoms. The van der Waals surface area contributed by atoms with Crippen molar-refractivity contribution in [2.75, 3.05) is 7.11 Å². The first-order chi connectivity index (χ1) is 6.60. The predicted octanol–water partition coefficient (Wildman–Crippen LogP) is 2.25. The zero-order valence-corrected chi connectivity index (χ0v) is 9.01. The molecular formula is C8H9BrF2N2O. The van der Waals surface area contributed by atoms with Crippen LogP contribution in [0, 0.1) is 0 Å². The lowest BCUT2D eigenvalue weighted by Crippen LogP contribution is -2.03. The van der Waals surface area contributed by atoms with Crippen molar-refractivity contribution < 1.29 is 13.5 Å². The largest absolute Gasteiger partial charge is 0.480 e. The van der Waals surface area contributed by atoms with Gasteiger partial charge in [0.1, 0.15) is 5.69 Å². The molecule has 0 amide bonds. The van der Waals surface area contributed by atoms with Gasteiger partial charge in [-0.15, -0.1) is 0 Å². The van der Waals surface area contributed by atoms with Crippen LogP contribution >= 0.6 is 15.9 Å². The van der Waals surface area contributed by atoms with Gasteiger partial charge >= 0.3 is 0 Å². The highest BCUT2D eigenvalue weighted by atomic mass is 79.9. The molecule has 0 aliphatic carbocycles. The first kappa shape index (κ1) is 11.3.